The molecule has 0 bridgehead atoms. The first-order valence-corrected chi connectivity index (χ1v) is 6.23. The number of rotatable bonds is 3. The van der Waals surface area contributed by atoms with Crippen LogP contribution in [0, 0.1) is 6.92 Å². The molecule has 0 atom stereocenters. The molecule has 0 aliphatic rings. The molecule has 1 rings (SSSR count). The average Bonchev–Trinajstić information content (AvgIpc) is 2.14. The van der Waals surface area contributed by atoms with Gasteiger partial charge in [-0.1, -0.05) is 17.7 Å². The van der Waals surface area contributed by atoms with Crippen LogP contribution < -0.4 is 4.74 Å². The summed E-state index contributed by atoms with van der Waals surface area (Å²) in [4.78, 5) is 9.92. The summed E-state index contributed by atoms with van der Waals surface area (Å²) in [6.07, 6.45) is 1.45. The summed E-state index contributed by atoms with van der Waals surface area (Å²) in [5.74, 6) is 0.739. The highest BCUT2D eigenvalue weighted by Crippen LogP contribution is 2.10. The first-order chi connectivity index (χ1) is 7.33. The zero-order valence-corrected chi connectivity index (χ0v) is 9.90. The van der Waals surface area contributed by atoms with Crippen LogP contribution in [0.5, 0.6) is 5.75 Å². The fraction of sp³-hybridized carbons (Fsp3) is 0.300. The molecule has 5 nitrogen and oxygen atoms in total. The molecule has 1 aromatic rings. The molecule has 0 aliphatic heterocycles. The van der Waals surface area contributed by atoms with Gasteiger partial charge in [0.2, 0.25) is 0 Å². The van der Waals surface area contributed by atoms with Gasteiger partial charge in [-0.05, 0) is 19.1 Å². The summed E-state index contributed by atoms with van der Waals surface area (Å²) >= 11 is 0. The van der Waals surface area contributed by atoms with Crippen molar-refractivity contribution in [1.29, 1.82) is 0 Å². The van der Waals surface area contributed by atoms with Crippen molar-refractivity contribution in [3.05, 3.63) is 29.8 Å². The normalized spacial score (nSPS) is 9.94. The lowest BCUT2D eigenvalue weighted by Gasteiger charge is -2.00. The number of aldehydes is 1. The Morgan fingerprint density at radius 1 is 1.31 bits per heavy atom. The molecule has 0 fully saturated rings. The Kier molecular flexibility index (Phi) is 6.36. The van der Waals surface area contributed by atoms with E-state index in [1.54, 1.807) is 0 Å². The third-order valence-electron chi connectivity index (χ3n) is 1.34. The van der Waals surface area contributed by atoms with E-state index in [1.807, 2.05) is 31.2 Å². The maximum Gasteiger partial charge on any atom is 0.261 e. The van der Waals surface area contributed by atoms with Gasteiger partial charge in [0.15, 0.2) is 6.29 Å². The molecule has 0 unspecified atom stereocenters. The van der Waals surface area contributed by atoms with Gasteiger partial charge in [0, 0.05) is 0 Å². The quantitative estimate of drug-likeness (QED) is 0.637. The van der Waals surface area contributed by atoms with Crippen molar-refractivity contribution in [1.82, 2.24) is 0 Å². The lowest BCUT2D eigenvalue weighted by molar-refractivity contribution is -0.109. The molecule has 1 aromatic carbocycles. The van der Waals surface area contributed by atoms with Gasteiger partial charge in [0.1, 0.15) is 12.4 Å². The molecule has 0 saturated heterocycles. The average molecular weight is 246 g/mol. The summed E-state index contributed by atoms with van der Waals surface area (Å²) in [6, 6.07) is 7.58. The number of aryl methyl sites for hydroxylation is 1. The second-order valence-corrected chi connectivity index (χ2v) is 4.49. The molecule has 0 heterocycles. The Morgan fingerprint density at radius 2 is 1.75 bits per heavy atom. The number of carbonyl (C=O) groups is 1. The van der Waals surface area contributed by atoms with Crippen LogP contribution in [0.4, 0.5) is 0 Å². The van der Waals surface area contributed by atoms with E-state index in [4.69, 9.17) is 9.29 Å². The molecule has 0 saturated carbocycles. The minimum absolute atomic E-state index is 0.128. The highest BCUT2D eigenvalue weighted by atomic mass is 32.2. The molecule has 0 spiro atoms. The largest absolute Gasteiger partial charge is 0.486 e. The number of carbonyl (C=O) groups excluding carboxylic acids is 1. The maximum absolute atomic E-state index is 9.92. The molecule has 0 aromatic heterocycles. The summed E-state index contributed by atoms with van der Waals surface area (Å²) < 4.78 is 30.9. The Balaban J connectivity index is 0.000000385. The molecule has 0 amide bonds. The van der Waals surface area contributed by atoms with Crippen molar-refractivity contribution in [2.75, 3.05) is 12.9 Å². The minimum Gasteiger partial charge on any atom is -0.486 e. The van der Waals surface area contributed by atoms with Crippen LogP contribution in [-0.4, -0.2) is 32.1 Å². The lowest BCUT2D eigenvalue weighted by atomic mass is 10.2. The maximum atomic E-state index is 9.92. The van der Waals surface area contributed by atoms with Crippen molar-refractivity contribution in [3.8, 4) is 5.75 Å². The second-order valence-electron chi connectivity index (χ2n) is 3.02. The van der Waals surface area contributed by atoms with Gasteiger partial charge in [0.25, 0.3) is 10.1 Å². The fourth-order valence-electron chi connectivity index (χ4n) is 0.765. The van der Waals surface area contributed by atoms with Crippen LogP contribution in [0.1, 0.15) is 5.56 Å². The summed E-state index contributed by atoms with van der Waals surface area (Å²) in [7, 11) is -3.67. The molecule has 0 aliphatic carbocycles. The Morgan fingerprint density at radius 3 is 2.12 bits per heavy atom. The van der Waals surface area contributed by atoms with E-state index in [1.165, 1.54) is 5.56 Å². The number of hydrogen-bond donors (Lipinski definition) is 1. The molecule has 0 radical (unpaired) electrons. The zero-order valence-electron chi connectivity index (χ0n) is 9.08. The zero-order chi connectivity index (χ0) is 12.6. The van der Waals surface area contributed by atoms with Crippen molar-refractivity contribution >= 4 is 16.4 Å². The number of ether oxygens (including phenoxy) is 1. The van der Waals surface area contributed by atoms with E-state index >= 15 is 0 Å². The Labute approximate surface area is 94.8 Å². The number of benzene rings is 1. The first kappa shape index (κ1) is 14.6. The predicted octanol–water partition coefficient (Wildman–Crippen LogP) is 1.08. The third-order valence-corrected chi connectivity index (χ3v) is 1.34. The SMILES string of the molecule is CS(=O)(=O)O.Cc1ccc(OCC=O)cc1. The molecule has 6 heteroatoms. The summed E-state index contributed by atoms with van der Waals surface area (Å²) in [5.41, 5.74) is 1.18. The molecular weight excluding hydrogens is 232 g/mol. The molecule has 16 heavy (non-hydrogen) atoms. The van der Waals surface area contributed by atoms with Gasteiger partial charge < -0.3 is 4.74 Å². The standard InChI is InChI=1S/C9H10O2.CH4O3S/c1-8-2-4-9(5-3-8)11-7-6-10;1-5(2,3)4/h2-6H,7H2,1H3;1H3,(H,2,3,4). The summed E-state index contributed by atoms with van der Waals surface area (Å²) in [5, 5.41) is 0. The van der Waals surface area contributed by atoms with Crippen LogP contribution >= 0.6 is 0 Å². The van der Waals surface area contributed by atoms with E-state index in [-0.39, 0.29) is 6.61 Å². The van der Waals surface area contributed by atoms with Crippen LogP contribution in [0.25, 0.3) is 0 Å². The van der Waals surface area contributed by atoms with Gasteiger partial charge in [-0.2, -0.15) is 8.42 Å². The first-order valence-electron chi connectivity index (χ1n) is 4.38. The van der Waals surface area contributed by atoms with Crippen molar-refractivity contribution in [3.63, 3.8) is 0 Å². The van der Waals surface area contributed by atoms with E-state index in [9.17, 15) is 13.2 Å². The van der Waals surface area contributed by atoms with E-state index in [0.717, 1.165) is 12.0 Å². The van der Waals surface area contributed by atoms with Crippen LogP contribution in [0.2, 0.25) is 0 Å². The highest BCUT2D eigenvalue weighted by Gasteiger charge is 1.89. The third kappa shape index (κ3) is 10.7. The van der Waals surface area contributed by atoms with Crippen LogP contribution in [0.3, 0.4) is 0 Å². The van der Waals surface area contributed by atoms with Gasteiger partial charge in [-0.3, -0.25) is 9.35 Å². The number of hydrogen-bond acceptors (Lipinski definition) is 4. The van der Waals surface area contributed by atoms with E-state index in [0.29, 0.717) is 6.26 Å². The molecular formula is C10H14O5S. The van der Waals surface area contributed by atoms with E-state index in [2.05, 4.69) is 0 Å². The van der Waals surface area contributed by atoms with Crippen molar-refractivity contribution in [2.24, 2.45) is 0 Å². The second kappa shape index (κ2) is 6.97. The molecule has 1 N–H and O–H groups in total. The van der Waals surface area contributed by atoms with Gasteiger partial charge in [0.05, 0.1) is 6.26 Å². The predicted molar refractivity (Wildman–Crippen MR) is 60.2 cm³/mol. The van der Waals surface area contributed by atoms with Crippen molar-refractivity contribution < 1.29 is 22.5 Å². The topological polar surface area (TPSA) is 80.7 Å². The van der Waals surface area contributed by atoms with Crippen molar-refractivity contribution in [2.45, 2.75) is 6.92 Å². The monoisotopic (exact) mass is 246 g/mol. The summed E-state index contributed by atoms with van der Waals surface area (Å²) in [6.45, 7) is 2.13. The van der Waals surface area contributed by atoms with Crippen LogP contribution in [0.15, 0.2) is 24.3 Å². The Hall–Kier alpha value is -1.40. The van der Waals surface area contributed by atoms with Gasteiger partial charge in [-0.25, -0.2) is 0 Å². The fourth-order valence-corrected chi connectivity index (χ4v) is 0.765. The molecule has 90 valence electrons. The lowest BCUT2D eigenvalue weighted by Crippen LogP contribution is -1.96. The van der Waals surface area contributed by atoms with Gasteiger partial charge >= 0.3 is 0 Å². The Bertz CT molecular complexity index is 399. The van der Waals surface area contributed by atoms with Gasteiger partial charge in [-0.15, -0.1) is 0 Å². The minimum atomic E-state index is -3.67. The van der Waals surface area contributed by atoms with E-state index < -0.39 is 10.1 Å². The van der Waals surface area contributed by atoms with Crippen LogP contribution in [-0.2, 0) is 14.9 Å². The smallest absolute Gasteiger partial charge is 0.261 e. The highest BCUT2D eigenvalue weighted by molar-refractivity contribution is 7.85.